The number of carbonyl (C=O) groups excluding carboxylic acids is 3. The molecule has 5 atom stereocenters. The van der Waals surface area contributed by atoms with E-state index in [1.807, 2.05) is 66.7 Å². The van der Waals surface area contributed by atoms with Crippen LogP contribution in [0.15, 0.2) is 78.9 Å². The number of ether oxygens (including phenoxy) is 1. The number of anilines is 2. The molecule has 2 aromatic rings. The Hall–Kier alpha value is -3.56. The van der Waals surface area contributed by atoms with E-state index in [1.54, 1.807) is 33.6 Å². The summed E-state index contributed by atoms with van der Waals surface area (Å²) < 4.78 is 4.47. The third-order valence-electron chi connectivity index (χ3n) is 8.92. The number of hydrogen-bond acceptors (Lipinski definition) is 6. The van der Waals surface area contributed by atoms with Crippen LogP contribution in [0.2, 0.25) is 0 Å². The van der Waals surface area contributed by atoms with Crippen LogP contribution >= 0.6 is 11.8 Å². The van der Waals surface area contributed by atoms with Crippen molar-refractivity contribution >= 4 is 40.9 Å². The predicted octanol–water partition coefficient (Wildman–Crippen LogP) is 4.05. The van der Waals surface area contributed by atoms with Gasteiger partial charge in [0.05, 0.1) is 23.7 Å². The lowest BCUT2D eigenvalue weighted by atomic mass is 9.78. The Morgan fingerprint density at radius 3 is 2.29 bits per heavy atom. The summed E-state index contributed by atoms with van der Waals surface area (Å²) in [5.41, 5.74) is 1.55. The first-order chi connectivity index (χ1) is 20.5. The number of methoxy groups -OCH3 is 1. The average molecular weight is 588 g/mol. The number of carbonyl (C=O) groups is 3. The Bertz CT molecular complexity index is 1380. The summed E-state index contributed by atoms with van der Waals surface area (Å²) in [5.74, 6) is -0.834. The maximum Gasteiger partial charge on any atom is 0.251 e. The van der Waals surface area contributed by atoms with E-state index in [4.69, 9.17) is 4.74 Å². The molecule has 4 heterocycles. The van der Waals surface area contributed by atoms with Crippen LogP contribution in [0.4, 0.5) is 11.4 Å². The molecule has 0 bridgehead atoms. The fraction of sp³-hybridized carbons (Fsp3) is 0.424. The highest BCUT2D eigenvalue weighted by molar-refractivity contribution is 8.02. The summed E-state index contributed by atoms with van der Waals surface area (Å²) in [6.45, 7) is 1.41. The fourth-order valence-corrected chi connectivity index (χ4v) is 8.97. The number of rotatable bonds is 9. The number of thioether (sulfide) groups is 1. The van der Waals surface area contributed by atoms with Gasteiger partial charge in [0.2, 0.25) is 11.8 Å². The third-order valence-corrected chi connectivity index (χ3v) is 10.7. The molecule has 1 spiro atoms. The third kappa shape index (κ3) is 4.82. The van der Waals surface area contributed by atoms with Crippen molar-refractivity contribution < 1.29 is 24.2 Å². The molecule has 220 valence electrons. The van der Waals surface area contributed by atoms with Crippen LogP contribution in [0.1, 0.15) is 25.7 Å². The number of likely N-dealkylation sites (tertiary alicyclic amines) is 1. The number of hydrogen-bond donors (Lipinski definition) is 1. The van der Waals surface area contributed by atoms with Crippen molar-refractivity contribution in [1.29, 1.82) is 0 Å². The van der Waals surface area contributed by atoms with Crippen LogP contribution in [-0.4, -0.2) is 77.1 Å². The number of benzene rings is 2. The molecular weight excluding hydrogens is 550 g/mol. The summed E-state index contributed by atoms with van der Waals surface area (Å²) in [5, 5.41) is 9.00. The van der Waals surface area contributed by atoms with E-state index in [1.165, 1.54) is 0 Å². The zero-order valence-electron chi connectivity index (χ0n) is 23.8. The van der Waals surface area contributed by atoms with Crippen molar-refractivity contribution in [2.45, 2.75) is 41.7 Å². The molecule has 2 fully saturated rings. The molecular formula is C33H37N3O5S. The molecule has 4 aliphatic rings. The van der Waals surface area contributed by atoms with Gasteiger partial charge in [0.1, 0.15) is 11.8 Å². The van der Waals surface area contributed by atoms with Crippen molar-refractivity contribution in [3.05, 3.63) is 78.9 Å². The molecule has 9 heteroatoms. The Labute approximate surface area is 251 Å². The van der Waals surface area contributed by atoms with Gasteiger partial charge in [-0.1, -0.05) is 55.3 Å². The quantitative estimate of drug-likeness (QED) is 0.352. The van der Waals surface area contributed by atoms with Crippen molar-refractivity contribution in [1.82, 2.24) is 4.90 Å². The average Bonchev–Trinajstić information content (AvgIpc) is 3.32. The number of amides is 3. The van der Waals surface area contributed by atoms with Gasteiger partial charge in [-0.05, 0) is 49.2 Å². The minimum absolute atomic E-state index is 0.0698. The number of nitrogens with zero attached hydrogens (tertiary/aromatic N) is 3. The fourth-order valence-electron chi connectivity index (χ4n) is 6.96. The number of fused-ring (bicyclic) bond motifs is 2. The van der Waals surface area contributed by atoms with Gasteiger partial charge in [-0.25, -0.2) is 0 Å². The standard InChI is InChI=1S/C33H37N3O5S/c1-41-25-16-14-24(15-17-25)35-21-10-18-33-28(31(39)36(29(33)32(35)40)19-7-2-3-8-22-37)27-26(42-33)13-9-20-34(30(27)38)23-11-5-4-6-12-23/h4-6,9-18,26-29,37H,2-3,7-8,19-22H2,1H3/t26-,27+,28-,29?,33-/m0/s1. The highest BCUT2D eigenvalue weighted by Crippen LogP contribution is 2.61. The molecule has 1 unspecified atom stereocenters. The minimum atomic E-state index is -0.852. The maximum absolute atomic E-state index is 14.6. The van der Waals surface area contributed by atoms with E-state index in [0.717, 1.165) is 30.6 Å². The second-order valence-corrected chi connectivity index (χ2v) is 12.8. The van der Waals surface area contributed by atoms with Crippen LogP contribution in [-0.2, 0) is 14.4 Å². The summed E-state index contributed by atoms with van der Waals surface area (Å²) in [6.07, 6.45) is 11.3. The highest BCUT2D eigenvalue weighted by Gasteiger charge is 2.71. The van der Waals surface area contributed by atoms with E-state index in [9.17, 15) is 19.5 Å². The van der Waals surface area contributed by atoms with Crippen LogP contribution in [0, 0.1) is 11.8 Å². The number of para-hydroxylation sites is 1. The Morgan fingerprint density at radius 2 is 1.55 bits per heavy atom. The van der Waals surface area contributed by atoms with Crippen LogP contribution < -0.4 is 14.5 Å². The first-order valence-corrected chi connectivity index (χ1v) is 15.6. The summed E-state index contributed by atoms with van der Waals surface area (Å²) in [7, 11) is 1.61. The molecule has 6 rings (SSSR count). The number of aliphatic hydroxyl groups is 1. The normalized spacial score (nSPS) is 28.4. The van der Waals surface area contributed by atoms with Crippen LogP contribution in [0.5, 0.6) is 5.75 Å². The monoisotopic (exact) mass is 587 g/mol. The molecule has 42 heavy (non-hydrogen) atoms. The van der Waals surface area contributed by atoms with Gasteiger partial charge in [-0.15, -0.1) is 11.8 Å². The number of unbranched alkanes of at least 4 members (excludes halogenated alkanes) is 3. The van der Waals surface area contributed by atoms with E-state index in [-0.39, 0.29) is 29.6 Å². The van der Waals surface area contributed by atoms with E-state index >= 15 is 0 Å². The van der Waals surface area contributed by atoms with Gasteiger partial charge in [0.25, 0.3) is 5.91 Å². The predicted molar refractivity (Wildman–Crippen MR) is 165 cm³/mol. The molecule has 0 aliphatic carbocycles. The second kappa shape index (κ2) is 12.0. The lowest BCUT2D eigenvalue weighted by molar-refractivity contribution is -0.138. The topological polar surface area (TPSA) is 90.4 Å². The van der Waals surface area contributed by atoms with E-state index in [0.29, 0.717) is 31.8 Å². The Kier molecular flexibility index (Phi) is 8.14. The van der Waals surface area contributed by atoms with Gasteiger partial charge in [-0.3, -0.25) is 14.4 Å². The van der Waals surface area contributed by atoms with Crippen molar-refractivity contribution in [2.75, 3.05) is 43.2 Å². The SMILES string of the molecule is COc1ccc(N2CC=C[C@]34S[C@H]5C=CCN(c6ccccc6)C(=O)[C@H]5[C@H]3C(=O)N(CCCCCCO)C4C2=O)cc1. The first kappa shape index (κ1) is 28.6. The van der Waals surface area contributed by atoms with Crippen molar-refractivity contribution in [3.8, 4) is 5.75 Å². The van der Waals surface area contributed by atoms with Gasteiger partial charge >= 0.3 is 0 Å². The lowest BCUT2D eigenvalue weighted by Crippen LogP contribution is -2.53. The first-order valence-electron chi connectivity index (χ1n) is 14.8. The molecule has 2 saturated heterocycles. The van der Waals surface area contributed by atoms with E-state index < -0.39 is 22.6 Å². The summed E-state index contributed by atoms with van der Waals surface area (Å²) in [4.78, 5) is 48.6. The van der Waals surface area contributed by atoms with Crippen LogP contribution in [0.3, 0.4) is 0 Å². The zero-order valence-corrected chi connectivity index (χ0v) is 24.6. The number of aliphatic hydroxyl groups excluding tert-OH is 1. The summed E-state index contributed by atoms with van der Waals surface area (Å²) in [6, 6.07) is 16.3. The Balaban J connectivity index is 1.38. The smallest absolute Gasteiger partial charge is 0.251 e. The molecule has 1 N–H and O–H groups in total. The maximum atomic E-state index is 14.6. The van der Waals surface area contributed by atoms with Gasteiger partial charge in [0.15, 0.2) is 0 Å². The van der Waals surface area contributed by atoms with E-state index in [2.05, 4.69) is 12.2 Å². The second-order valence-electron chi connectivity index (χ2n) is 11.3. The molecule has 2 aromatic carbocycles. The van der Waals surface area contributed by atoms with Crippen molar-refractivity contribution in [3.63, 3.8) is 0 Å². The van der Waals surface area contributed by atoms with Crippen molar-refractivity contribution in [2.24, 2.45) is 11.8 Å². The zero-order chi connectivity index (χ0) is 29.3. The van der Waals surface area contributed by atoms with Crippen LogP contribution in [0.25, 0.3) is 0 Å². The lowest BCUT2D eigenvalue weighted by Gasteiger charge is -2.35. The Morgan fingerprint density at radius 1 is 0.857 bits per heavy atom. The molecule has 4 aliphatic heterocycles. The molecule has 0 aromatic heterocycles. The van der Waals surface area contributed by atoms with Gasteiger partial charge < -0.3 is 24.5 Å². The largest absolute Gasteiger partial charge is 0.497 e. The van der Waals surface area contributed by atoms with Gasteiger partial charge in [0, 0.05) is 42.9 Å². The van der Waals surface area contributed by atoms with Gasteiger partial charge in [-0.2, -0.15) is 0 Å². The minimum Gasteiger partial charge on any atom is -0.497 e. The molecule has 0 radical (unpaired) electrons. The molecule has 0 saturated carbocycles. The molecule has 3 amide bonds. The summed E-state index contributed by atoms with van der Waals surface area (Å²) >= 11 is 1.60. The molecule has 8 nitrogen and oxygen atoms in total. The highest BCUT2D eigenvalue weighted by atomic mass is 32.2.